The van der Waals surface area contributed by atoms with Gasteiger partial charge in [0.2, 0.25) is 6.79 Å². The molecule has 0 aromatic heterocycles. The van der Waals surface area contributed by atoms with Crippen molar-refractivity contribution in [2.75, 3.05) is 13.3 Å². The molecule has 3 aliphatic heterocycles. The van der Waals surface area contributed by atoms with Crippen LogP contribution in [-0.2, 0) is 4.79 Å². The number of ether oxygens (including phenoxy) is 2. The first-order valence-corrected chi connectivity index (χ1v) is 6.90. The Morgan fingerprint density at radius 1 is 1.25 bits per heavy atom. The number of para-hydroxylation sites is 1. The molecule has 0 saturated carbocycles. The Bertz CT molecular complexity index is 622. The number of aliphatic hydroxyl groups excluding tert-OH is 1. The lowest BCUT2D eigenvalue weighted by atomic mass is 10.0. The van der Waals surface area contributed by atoms with Crippen molar-refractivity contribution in [1.82, 2.24) is 4.90 Å². The van der Waals surface area contributed by atoms with Gasteiger partial charge in [-0.3, -0.25) is 4.79 Å². The SMILES string of the molecule is O=C1C(c2cccc3c2OCO3)=C(O)C2CCCCN12. The summed E-state index contributed by atoms with van der Waals surface area (Å²) in [6, 6.07) is 5.25. The molecule has 104 valence electrons. The highest BCUT2D eigenvalue weighted by molar-refractivity contribution is 6.23. The smallest absolute Gasteiger partial charge is 0.258 e. The lowest BCUT2D eigenvalue weighted by molar-refractivity contribution is -0.126. The monoisotopic (exact) mass is 273 g/mol. The number of rotatable bonds is 1. The topological polar surface area (TPSA) is 59.0 Å². The molecule has 20 heavy (non-hydrogen) atoms. The van der Waals surface area contributed by atoms with E-state index in [0.29, 0.717) is 29.2 Å². The highest BCUT2D eigenvalue weighted by Gasteiger charge is 2.42. The van der Waals surface area contributed by atoms with Gasteiger partial charge in [-0.25, -0.2) is 0 Å². The maximum Gasteiger partial charge on any atom is 0.258 e. The highest BCUT2D eigenvalue weighted by Crippen LogP contribution is 2.44. The molecular formula is C15H15NO4. The molecule has 3 aliphatic rings. The van der Waals surface area contributed by atoms with E-state index in [0.717, 1.165) is 19.3 Å². The number of piperidine rings is 1. The predicted octanol–water partition coefficient (Wildman–Crippen LogP) is 2.08. The highest BCUT2D eigenvalue weighted by atomic mass is 16.7. The van der Waals surface area contributed by atoms with Crippen molar-refractivity contribution >= 4 is 11.5 Å². The van der Waals surface area contributed by atoms with Crippen LogP contribution in [0.15, 0.2) is 24.0 Å². The van der Waals surface area contributed by atoms with Gasteiger partial charge in [-0.2, -0.15) is 0 Å². The first kappa shape index (κ1) is 11.6. The molecule has 0 spiro atoms. The molecule has 1 N–H and O–H groups in total. The average Bonchev–Trinajstić information content (AvgIpc) is 3.04. The lowest BCUT2D eigenvalue weighted by Gasteiger charge is -2.29. The van der Waals surface area contributed by atoms with Crippen LogP contribution in [-0.4, -0.2) is 35.3 Å². The van der Waals surface area contributed by atoms with Gasteiger partial charge in [0.1, 0.15) is 5.76 Å². The zero-order valence-corrected chi connectivity index (χ0v) is 11.0. The number of amides is 1. The number of hydrogen-bond donors (Lipinski definition) is 1. The number of hydrogen-bond acceptors (Lipinski definition) is 4. The van der Waals surface area contributed by atoms with E-state index in [4.69, 9.17) is 9.47 Å². The molecule has 1 unspecified atom stereocenters. The third-order valence-electron chi connectivity index (χ3n) is 4.22. The van der Waals surface area contributed by atoms with Gasteiger partial charge in [-0.1, -0.05) is 12.1 Å². The minimum Gasteiger partial charge on any atom is -0.509 e. The van der Waals surface area contributed by atoms with Crippen LogP contribution in [0.5, 0.6) is 11.5 Å². The first-order valence-electron chi connectivity index (χ1n) is 6.90. The molecule has 1 saturated heterocycles. The zero-order valence-electron chi connectivity index (χ0n) is 11.0. The number of nitrogens with zero attached hydrogens (tertiary/aromatic N) is 1. The maximum atomic E-state index is 12.6. The Morgan fingerprint density at radius 2 is 2.15 bits per heavy atom. The van der Waals surface area contributed by atoms with Crippen molar-refractivity contribution in [3.63, 3.8) is 0 Å². The van der Waals surface area contributed by atoms with Crippen LogP contribution < -0.4 is 9.47 Å². The fraction of sp³-hybridized carbons (Fsp3) is 0.400. The van der Waals surface area contributed by atoms with Crippen LogP contribution in [0.2, 0.25) is 0 Å². The van der Waals surface area contributed by atoms with Gasteiger partial charge >= 0.3 is 0 Å². The van der Waals surface area contributed by atoms with Gasteiger partial charge in [0.15, 0.2) is 11.5 Å². The van der Waals surface area contributed by atoms with Gasteiger partial charge in [-0.15, -0.1) is 0 Å². The lowest BCUT2D eigenvalue weighted by Crippen LogP contribution is -2.39. The third kappa shape index (κ3) is 1.46. The summed E-state index contributed by atoms with van der Waals surface area (Å²) in [7, 11) is 0. The van der Waals surface area contributed by atoms with Crippen molar-refractivity contribution in [1.29, 1.82) is 0 Å². The summed E-state index contributed by atoms with van der Waals surface area (Å²) in [6.07, 6.45) is 2.86. The fourth-order valence-electron chi connectivity index (χ4n) is 3.26. The molecule has 1 aromatic rings. The molecule has 5 heteroatoms. The number of benzene rings is 1. The molecule has 5 nitrogen and oxygen atoms in total. The van der Waals surface area contributed by atoms with Crippen LogP contribution in [0.1, 0.15) is 24.8 Å². The molecule has 0 aliphatic carbocycles. The number of aliphatic hydroxyl groups is 1. The molecule has 4 rings (SSSR count). The zero-order chi connectivity index (χ0) is 13.7. The van der Waals surface area contributed by atoms with Gasteiger partial charge in [0.25, 0.3) is 5.91 Å². The second-order valence-electron chi connectivity index (χ2n) is 5.31. The van der Waals surface area contributed by atoms with Crippen LogP contribution in [0.25, 0.3) is 5.57 Å². The Labute approximate surface area is 116 Å². The molecule has 0 bridgehead atoms. The summed E-state index contributed by atoms with van der Waals surface area (Å²) in [4.78, 5) is 14.3. The van der Waals surface area contributed by atoms with E-state index in [1.165, 1.54) is 0 Å². The van der Waals surface area contributed by atoms with Crippen LogP contribution >= 0.6 is 0 Å². The molecule has 1 amide bonds. The summed E-state index contributed by atoms with van der Waals surface area (Å²) in [5, 5.41) is 10.5. The van der Waals surface area contributed by atoms with E-state index >= 15 is 0 Å². The Morgan fingerprint density at radius 3 is 3.00 bits per heavy atom. The van der Waals surface area contributed by atoms with Crippen molar-refractivity contribution in [3.8, 4) is 11.5 Å². The van der Waals surface area contributed by atoms with Crippen LogP contribution in [0.3, 0.4) is 0 Å². The number of carbonyl (C=O) groups excluding carboxylic acids is 1. The second kappa shape index (κ2) is 4.16. The van der Waals surface area contributed by atoms with Crippen molar-refractivity contribution in [2.24, 2.45) is 0 Å². The summed E-state index contributed by atoms with van der Waals surface area (Å²) < 4.78 is 10.8. The molecule has 0 radical (unpaired) electrons. The molecule has 3 heterocycles. The van der Waals surface area contributed by atoms with Crippen LogP contribution in [0, 0.1) is 0 Å². The van der Waals surface area contributed by atoms with E-state index in [1.807, 2.05) is 6.07 Å². The van der Waals surface area contributed by atoms with Crippen LogP contribution in [0.4, 0.5) is 0 Å². The van der Waals surface area contributed by atoms with Gasteiger partial charge in [0, 0.05) is 12.1 Å². The van der Waals surface area contributed by atoms with E-state index in [1.54, 1.807) is 17.0 Å². The quantitative estimate of drug-likeness (QED) is 0.851. The molecule has 1 aromatic carbocycles. The minimum absolute atomic E-state index is 0.101. The van der Waals surface area contributed by atoms with Gasteiger partial charge in [0.05, 0.1) is 11.6 Å². The van der Waals surface area contributed by atoms with E-state index in [2.05, 4.69) is 0 Å². The van der Waals surface area contributed by atoms with E-state index in [9.17, 15) is 9.90 Å². The average molecular weight is 273 g/mol. The number of fused-ring (bicyclic) bond motifs is 2. The predicted molar refractivity (Wildman–Crippen MR) is 71.5 cm³/mol. The second-order valence-corrected chi connectivity index (χ2v) is 5.31. The summed E-state index contributed by atoms with van der Waals surface area (Å²) in [5.74, 6) is 1.26. The first-order chi connectivity index (χ1) is 9.77. The molecule has 1 fully saturated rings. The molecule has 1 atom stereocenters. The number of carbonyl (C=O) groups is 1. The summed E-state index contributed by atoms with van der Waals surface area (Å²) >= 11 is 0. The minimum atomic E-state index is -0.163. The maximum absolute atomic E-state index is 12.6. The Balaban J connectivity index is 1.84. The van der Waals surface area contributed by atoms with Gasteiger partial charge in [-0.05, 0) is 25.3 Å². The van der Waals surface area contributed by atoms with E-state index in [-0.39, 0.29) is 24.5 Å². The van der Waals surface area contributed by atoms with Crippen molar-refractivity contribution in [2.45, 2.75) is 25.3 Å². The normalized spacial score (nSPS) is 24.3. The largest absolute Gasteiger partial charge is 0.509 e. The third-order valence-corrected chi connectivity index (χ3v) is 4.22. The van der Waals surface area contributed by atoms with Gasteiger partial charge < -0.3 is 19.5 Å². The Kier molecular flexibility index (Phi) is 2.42. The standard InChI is InChI=1S/C15H15NO4/c17-13-10-5-1-2-7-16(10)15(18)12(13)9-4-3-6-11-14(9)20-8-19-11/h3-4,6,10,17H,1-2,5,7-8H2. The Hall–Kier alpha value is -2.17. The van der Waals surface area contributed by atoms with Crippen molar-refractivity contribution < 1.29 is 19.4 Å². The fourth-order valence-corrected chi connectivity index (χ4v) is 3.26. The summed E-state index contributed by atoms with van der Waals surface area (Å²) in [6.45, 7) is 0.866. The molecular weight excluding hydrogens is 258 g/mol. The van der Waals surface area contributed by atoms with Crippen molar-refractivity contribution in [3.05, 3.63) is 29.5 Å². The van der Waals surface area contributed by atoms with E-state index < -0.39 is 0 Å². The summed E-state index contributed by atoms with van der Waals surface area (Å²) in [5.41, 5.74) is 1.01.